The number of rotatable bonds is 4. The van der Waals surface area contributed by atoms with Crippen molar-refractivity contribution in [3.63, 3.8) is 0 Å². The standard InChI is InChI=1S/C16H17FN2O3S2/c17-13-5-3-12(4-6-13)16(20)18-14-7-9-19(10-8-14)24(21,22)15-2-1-11-23-15/h1-6,11,14H,7-10H2,(H,18,20). The number of amides is 1. The average molecular weight is 368 g/mol. The van der Waals surface area contributed by atoms with Crippen molar-refractivity contribution in [2.75, 3.05) is 13.1 Å². The molecule has 0 atom stereocenters. The van der Waals surface area contributed by atoms with Crippen LogP contribution in [0.4, 0.5) is 4.39 Å². The fourth-order valence-electron chi connectivity index (χ4n) is 2.65. The normalized spacial score (nSPS) is 16.9. The fourth-order valence-corrected chi connectivity index (χ4v) is 5.26. The molecule has 1 fully saturated rings. The lowest BCUT2D eigenvalue weighted by molar-refractivity contribution is 0.0924. The first-order valence-electron chi connectivity index (χ1n) is 7.57. The molecule has 1 saturated heterocycles. The van der Waals surface area contributed by atoms with Crippen LogP contribution in [-0.2, 0) is 10.0 Å². The molecule has 1 aliphatic heterocycles. The first-order chi connectivity index (χ1) is 11.5. The summed E-state index contributed by atoms with van der Waals surface area (Å²) < 4.78 is 39.6. The largest absolute Gasteiger partial charge is 0.349 e. The third-order valence-electron chi connectivity index (χ3n) is 3.98. The van der Waals surface area contributed by atoms with Gasteiger partial charge in [0.1, 0.15) is 10.0 Å². The molecule has 0 unspecified atom stereocenters. The van der Waals surface area contributed by atoms with Gasteiger partial charge in [-0.25, -0.2) is 12.8 Å². The van der Waals surface area contributed by atoms with Gasteiger partial charge >= 0.3 is 0 Å². The predicted octanol–water partition coefficient (Wildman–Crippen LogP) is 2.47. The van der Waals surface area contributed by atoms with Gasteiger partial charge in [-0.05, 0) is 48.6 Å². The van der Waals surface area contributed by atoms with E-state index >= 15 is 0 Å². The number of thiophene rings is 1. The Bertz CT molecular complexity index is 796. The lowest BCUT2D eigenvalue weighted by Crippen LogP contribution is -2.46. The van der Waals surface area contributed by atoms with Gasteiger partial charge in [0.05, 0.1) is 0 Å². The van der Waals surface area contributed by atoms with Gasteiger partial charge in [0, 0.05) is 24.7 Å². The zero-order valence-corrected chi connectivity index (χ0v) is 14.4. The van der Waals surface area contributed by atoms with Crippen LogP contribution >= 0.6 is 11.3 Å². The quantitative estimate of drug-likeness (QED) is 0.902. The number of benzene rings is 1. The Morgan fingerprint density at radius 1 is 1.17 bits per heavy atom. The maximum atomic E-state index is 12.9. The van der Waals surface area contributed by atoms with Gasteiger partial charge in [0.25, 0.3) is 15.9 Å². The number of sulfonamides is 1. The minimum absolute atomic E-state index is 0.0858. The van der Waals surface area contributed by atoms with E-state index in [1.807, 2.05) is 0 Å². The van der Waals surface area contributed by atoms with Gasteiger partial charge in [-0.1, -0.05) is 6.07 Å². The molecule has 3 rings (SSSR count). The van der Waals surface area contributed by atoms with E-state index in [0.29, 0.717) is 35.7 Å². The Labute approximate surface area is 144 Å². The summed E-state index contributed by atoms with van der Waals surface area (Å²) in [5.74, 6) is -0.659. The highest BCUT2D eigenvalue weighted by Gasteiger charge is 2.30. The van der Waals surface area contributed by atoms with Crippen LogP contribution in [0.2, 0.25) is 0 Å². The summed E-state index contributed by atoms with van der Waals surface area (Å²) >= 11 is 1.20. The maximum Gasteiger partial charge on any atom is 0.252 e. The second-order valence-electron chi connectivity index (χ2n) is 5.59. The predicted molar refractivity (Wildman–Crippen MR) is 90.0 cm³/mol. The summed E-state index contributed by atoms with van der Waals surface area (Å²) in [4.78, 5) is 12.1. The molecule has 8 heteroatoms. The molecule has 5 nitrogen and oxygen atoms in total. The molecule has 1 N–H and O–H groups in total. The molecular formula is C16H17FN2O3S2. The van der Waals surface area contributed by atoms with Crippen molar-refractivity contribution in [2.45, 2.75) is 23.1 Å². The van der Waals surface area contributed by atoms with Crippen molar-refractivity contribution in [1.82, 2.24) is 9.62 Å². The van der Waals surface area contributed by atoms with Crippen LogP contribution in [0.3, 0.4) is 0 Å². The van der Waals surface area contributed by atoms with E-state index in [9.17, 15) is 17.6 Å². The third kappa shape index (κ3) is 3.66. The van der Waals surface area contributed by atoms with Crippen molar-refractivity contribution in [3.8, 4) is 0 Å². The minimum atomic E-state index is -3.43. The van der Waals surface area contributed by atoms with Crippen LogP contribution in [-0.4, -0.2) is 37.8 Å². The minimum Gasteiger partial charge on any atom is -0.349 e. The highest BCUT2D eigenvalue weighted by molar-refractivity contribution is 7.91. The lowest BCUT2D eigenvalue weighted by atomic mass is 10.1. The molecule has 0 bridgehead atoms. The second kappa shape index (κ2) is 7.00. The van der Waals surface area contributed by atoms with Crippen molar-refractivity contribution in [2.24, 2.45) is 0 Å². The van der Waals surface area contributed by atoms with Crippen LogP contribution < -0.4 is 5.32 Å². The van der Waals surface area contributed by atoms with Crippen molar-refractivity contribution >= 4 is 27.3 Å². The van der Waals surface area contributed by atoms with Crippen LogP contribution in [0.5, 0.6) is 0 Å². The fraction of sp³-hybridized carbons (Fsp3) is 0.312. The van der Waals surface area contributed by atoms with E-state index in [4.69, 9.17) is 0 Å². The summed E-state index contributed by atoms with van der Waals surface area (Å²) in [6, 6.07) is 8.57. The van der Waals surface area contributed by atoms with E-state index in [-0.39, 0.29) is 11.9 Å². The number of hydrogen-bond acceptors (Lipinski definition) is 4. The van der Waals surface area contributed by atoms with Gasteiger partial charge in [0.2, 0.25) is 0 Å². The number of nitrogens with one attached hydrogen (secondary N) is 1. The van der Waals surface area contributed by atoms with E-state index in [2.05, 4.69) is 5.32 Å². The summed E-state index contributed by atoms with van der Waals surface area (Å²) in [6.07, 6.45) is 1.11. The second-order valence-corrected chi connectivity index (χ2v) is 8.70. The smallest absolute Gasteiger partial charge is 0.252 e. The SMILES string of the molecule is O=C(NC1CCN(S(=O)(=O)c2cccs2)CC1)c1ccc(F)cc1. The Morgan fingerprint density at radius 3 is 2.42 bits per heavy atom. The Hall–Kier alpha value is -1.77. The molecule has 0 radical (unpaired) electrons. The molecule has 0 saturated carbocycles. The van der Waals surface area contributed by atoms with Gasteiger partial charge in [-0.15, -0.1) is 11.3 Å². The number of carbonyl (C=O) groups is 1. The monoisotopic (exact) mass is 368 g/mol. The molecular weight excluding hydrogens is 351 g/mol. The number of hydrogen-bond donors (Lipinski definition) is 1. The van der Waals surface area contributed by atoms with E-state index in [1.165, 1.54) is 39.9 Å². The van der Waals surface area contributed by atoms with Crippen molar-refractivity contribution in [3.05, 3.63) is 53.2 Å². The molecule has 128 valence electrons. The van der Waals surface area contributed by atoms with E-state index < -0.39 is 15.8 Å². The summed E-state index contributed by atoms with van der Waals surface area (Å²) in [5.41, 5.74) is 0.394. The van der Waals surface area contributed by atoms with E-state index in [1.54, 1.807) is 17.5 Å². The Morgan fingerprint density at radius 2 is 1.83 bits per heavy atom. The molecule has 1 aromatic carbocycles. The molecule has 24 heavy (non-hydrogen) atoms. The summed E-state index contributed by atoms with van der Waals surface area (Å²) in [7, 11) is -3.43. The molecule has 0 spiro atoms. The van der Waals surface area contributed by atoms with Gasteiger partial charge in [-0.3, -0.25) is 4.79 Å². The molecule has 1 aliphatic rings. The zero-order valence-electron chi connectivity index (χ0n) is 12.8. The van der Waals surface area contributed by atoms with Crippen molar-refractivity contribution < 1.29 is 17.6 Å². The van der Waals surface area contributed by atoms with Crippen LogP contribution in [0.25, 0.3) is 0 Å². The highest BCUT2D eigenvalue weighted by Crippen LogP contribution is 2.24. The molecule has 1 aromatic heterocycles. The van der Waals surface area contributed by atoms with Crippen LogP contribution in [0, 0.1) is 5.82 Å². The number of nitrogens with zero attached hydrogens (tertiary/aromatic N) is 1. The lowest BCUT2D eigenvalue weighted by Gasteiger charge is -2.31. The number of halogens is 1. The first kappa shape index (κ1) is 17.1. The Kier molecular flexibility index (Phi) is 4.98. The van der Waals surface area contributed by atoms with E-state index in [0.717, 1.165) is 0 Å². The van der Waals surface area contributed by atoms with Gasteiger partial charge < -0.3 is 5.32 Å². The number of piperidine rings is 1. The number of carbonyl (C=O) groups excluding carboxylic acids is 1. The maximum absolute atomic E-state index is 12.9. The molecule has 2 aromatic rings. The molecule has 0 aliphatic carbocycles. The Balaban J connectivity index is 1.57. The van der Waals surface area contributed by atoms with Crippen LogP contribution in [0.1, 0.15) is 23.2 Å². The van der Waals surface area contributed by atoms with Gasteiger partial charge in [-0.2, -0.15) is 4.31 Å². The summed E-state index contributed by atoms with van der Waals surface area (Å²) in [5, 5.41) is 4.62. The topological polar surface area (TPSA) is 66.5 Å². The highest BCUT2D eigenvalue weighted by atomic mass is 32.2. The summed E-state index contributed by atoms with van der Waals surface area (Å²) in [6.45, 7) is 0.739. The average Bonchev–Trinajstić information content (AvgIpc) is 3.11. The van der Waals surface area contributed by atoms with Crippen LogP contribution in [0.15, 0.2) is 46.0 Å². The molecule has 2 heterocycles. The first-order valence-corrected chi connectivity index (χ1v) is 9.89. The molecule has 1 amide bonds. The zero-order chi connectivity index (χ0) is 17.2. The third-order valence-corrected chi connectivity index (χ3v) is 7.26. The van der Waals surface area contributed by atoms with Crippen molar-refractivity contribution in [1.29, 1.82) is 0 Å². The van der Waals surface area contributed by atoms with Gasteiger partial charge in [0.15, 0.2) is 0 Å².